The highest BCUT2D eigenvalue weighted by Crippen LogP contribution is 2.11. The van der Waals surface area contributed by atoms with Gasteiger partial charge in [-0.05, 0) is 27.7 Å². The predicted octanol–water partition coefficient (Wildman–Crippen LogP) is -0.0809. The molecule has 0 bridgehead atoms. The van der Waals surface area contributed by atoms with Crippen LogP contribution >= 0.6 is 0 Å². The molecule has 0 radical (unpaired) electrons. The second kappa shape index (κ2) is 7.97. The van der Waals surface area contributed by atoms with Gasteiger partial charge in [0.15, 0.2) is 0 Å². The Morgan fingerprint density at radius 1 is 0.938 bits per heavy atom. The molecule has 4 atom stereocenters. The van der Waals surface area contributed by atoms with Crippen molar-refractivity contribution in [3.63, 3.8) is 0 Å². The van der Waals surface area contributed by atoms with E-state index in [0.717, 1.165) is 0 Å². The minimum Gasteiger partial charge on any atom is -0.394 e. The molecule has 0 aromatic carbocycles. The molecule has 0 saturated heterocycles. The summed E-state index contributed by atoms with van der Waals surface area (Å²) in [7, 11) is 0. The molecule has 5 heteroatoms. The quantitative estimate of drug-likeness (QED) is 0.549. The maximum Gasteiger partial charge on any atom is 0.109 e. The second-order valence-electron chi connectivity index (χ2n) is 4.23. The smallest absolute Gasteiger partial charge is 0.109 e. The van der Waals surface area contributed by atoms with Crippen molar-refractivity contribution in [1.29, 1.82) is 0 Å². The molecule has 0 saturated carbocycles. The van der Waals surface area contributed by atoms with E-state index in [1.165, 1.54) is 0 Å². The lowest BCUT2D eigenvalue weighted by Gasteiger charge is -2.29. The van der Waals surface area contributed by atoms with Crippen LogP contribution in [0.2, 0.25) is 0 Å². The average molecular weight is 236 g/mol. The highest BCUT2D eigenvalue weighted by atomic mass is 16.5. The fraction of sp³-hybridized carbons (Fsp3) is 1.00. The van der Waals surface area contributed by atoms with Gasteiger partial charge in [-0.1, -0.05) is 0 Å². The van der Waals surface area contributed by atoms with Crippen LogP contribution in [0.1, 0.15) is 27.7 Å². The monoisotopic (exact) mass is 236 g/mol. The number of hydrogen-bond donors (Lipinski definition) is 3. The SMILES string of the molecule is CC(C)O[C@H](CO)C(O)C(C)OC(C)CO. The van der Waals surface area contributed by atoms with Crippen LogP contribution in [0, 0.1) is 0 Å². The first-order chi connectivity index (χ1) is 7.42. The van der Waals surface area contributed by atoms with Crippen molar-refractivity contribution in [3.05, 3.63) is 0 Å². The lowest BCUT2D eigenvalue weighted by Crippen LogP contribution is -2.43. The van der Waals surface area contributed by atoms with Crippen molar-refractivity contribution in [3.8, 4) is 0 Å². The number of hydrogen-bond acceptors (Lipinski definition) is 5. The first-order valence-electron chi connectivity index (χ1n) is 5.63. The first-order valence-corrected chi connectivity index (χ1v) is 5.63. The largest absolute Gasteiger partial charge is 0.394 e. The van der Waals surface area contributed by atoms with Crippen molar-refractivity contribution >= 4 is 0 Å². The van der Waals surface area contributed by atoms with Gasteiger partial charge in [0.25, 0.3) is 0 Å². The molecule has 98 valence electrons. The molecule has 0 amide bonds. The number of aliphatic hydroxyl groups is 3. The van der Waals surface area contributed by atoms with Crippen molar-refractivity contribution in [2.24, 2.45) is 0 Å². The van der Waals surface area contributed by atoms with Gasteiger partial charge in [0.2, 0.25) is 0 Å². The van der Waals surface area contributed by atoms with Crippen LogP contribution in [-0.4, -0.2) is 59.1 Å². The fourth-order valence-corrected chi connectivity index (χ4v) is 1.37. The molecule has 0 spiro atoms. The van der Waals surface area contributed by atoms with E-state index in [-0.39, 0.29) is 25.4 Å². The second-order valence-corrected chi connectivity index (χ2v) is 4.23. The van der Waals surface area contributed by atoms with Gasteiger partial charge in [0.1, 0.15) is 12.2 Å². The van der Waals surface area contributed by atoms with Crippen LogP contribution in [0.5, 0.6) is 0 Å². The Morgan fingerprint density at radius 2 is 1.50 bits per heavy atom. The first kappa shape index (κ1) is 15.8. The molecule has 3 N–H and O–H groups in total. The topological polar surface area (TPSA) is 79.2 Å². The Hall–Kier alpha value is -0.200. The van der Waals surface area contributed by atoms with Crippen LogP contribution in [-0.2, 0) is 9.47 Å². The van der Waals surface area contributed by atoms with Crippen molar-refractivity contribution in [1.82, 2.24) is 0 Å². The summed E-state index contributed by atoms with van der Waals surface area (Å²) in [6.45, 7) is 6.69. The van der Waals surface area contributed by atoms with Gasteiger partial charge in [0.05, 0.1) is 31.5 Å². The van der Waals surface area contributed by atoms with Crippen LogP contribution in [0.4, 0.5) is 0 Å². The van der Waals surface area contributed by atoms with E-state index in [0.29, 0.717) is 0 Å². The van der Waals surface area contributed by atoms with Crippen LogP contribution in [0.25, 0.3) is 0 Å². The molecule has 0 aliphatic rings. The van der Waals surface area contributed by atoms with Crippen LogP contribution in [0.15, 0.2) is 0 Å². The average Bonchev–Trinajstić information content (AvgIpc) is 2.24. The number of ether oxygens (including phenoxy) is 2. The van der Waals surface area contributed by atoms with Gasteiger partial charge in [-0.25, -0.2) is 0 Å². The molecular formula is C11H24O5. The van der Waals surface area contributed by atoms with E-state index in [1.54, 1.807) is 13.8 Å². The molecular weight excluding hydrogens is 212 g/mol. The lowest BCUT2D eigenvalue weighted by molar-refractivity contribution is -0.148. The Bertz CT molecular complexity index is 174. The van der Waals surface area contributed by atoms with Gasteiger partial charge in [-0.2, -0.15) is 0 Å². The van der Waals surface area contributed by atoms with Crippen LogP contribution in [0.3, 0.4) is 0 Å². The third-order valence-corrected chi connectivity index (χ3v) is 2.19. The maximum atomic E-state index is 9.88. The Labute approximate surface area is 97.0 Å². The standard InChI is InChI=1S/C11H24O5/c1-7(2)15-10(6-13)11(14)9(4)16-8(3)5-12/h7-14H,5-6H2,1-4H3/t8?,9?,10-,11?/m1/s1. The third-order valence-electron chi connectivity index (χ3n) is 2.19. The highest BCUT2D eigenvalue weighted by molar-refractivity contribution is 4.75. The highest BCUT2D eigenvalue weighted by Gasteiger charge is 2.27. The summed E-state index contributed by atoms with van der Waals surface area (Å²) in [4.78, 5) is 0. The third kappa shape index (κ3) is 5.77. The van der Waals surface area contributed by atoms with Crippen molar-refractivity contribution < 1.29 is 24.8 Å². The summed E-state index contributed by atoms with van der Waals surface area (Å²) in [5.74, 6) is 0. The predicted molar refractivity (Wildman–Crippen MR) is 60.2 cm³/mol. The Balaban J connectivity index is 4.20. The van der Waals surface area contributed by atoms with Crippen molar-refractivity contribution in [2.45, 2.75) is 58.2 Å². The van der Waals surface area contributed by atoms with E-state index in [9.17, 15) is 5.11 Å². The zero-order chi connectivity index (χ0) is 12.7. The van der Waals surface area contributed by atoms with Gasteiger partial charge in [0, 0.05) is 0 Å². The summed E-state index contributed by atoms with van der Waals surface area (Å²) in [6, 6.07) is 0. The fourth-order valence-electron chi connectivity index (χ4n) is 1.37. The van der Waals surface area contributed by atoms with Gasteiger partial charge in [-0.15, -0.1) is 0 Å². The molecule has 0 fully saturated rings. The van der Waals surface area contributed by atoms with E-state index < -0.39 is 18.3 Å². The van der Waals surface area contributed by atoms with Gasteiger partial charge in [-0.3, -0.25) is 0 Å². The molecule has 0 aromatic rings. The molecule has 0 aliphatic heterocycles. The van der Waals surface area contributed by atoms with Gasteiger partial charge >= 0.3 is 0 Å². The Morgan fingerprint density at radius 3 is 1.88 bits per heavy atom. The van der Waals surface area contributed by atoms with Gasteiger partial charge < -0.3 is 24.8 Å². The molecule has 0 aromatic heterocycles. The molecule has 0 aliphatic carbocycles. The molecule has 0 rings (SSSR count). The lowest BCUT2D eigenvalue weighted by atomic mass is 10.1. The zero-order valence-electron chi connectivity index (χ0n) is 10.5. The maximum absolute atomic E-state index is 9.88. The molecule has 16 heavy (non-hydrogen) atoms. The number of rotatable bonds is 8. The zero-order valence-corrected chi connectivity index (χ0v) is 10.5. The van der Waals surface area contributed by atoms with E-state index in [4.69, 9.17) is 19.7 Å². The Kier molecular flexibility index (Phi) is 7.87. The molecule has 0 heterocycles. The molecule has 5 nitrogen and oxygen atoms in total. The summed E-state index contributed by atoms with van der Waals surface area (Å²) in [5, 5.41) is 27.8. The summed E-state index contributed by atoms with van der Waals surface area (Å²) >= 11 is 0. The van der Waals surface area contributed by atoms with E-state index in [2.05, 4.69) is 0 Å². The summed E-state index contributed by atoms with van der Waals surface area (Å²) < 4.78 is 10.7. The number of aliphatic hydroxyl groups excluding tert-OH is 3. The van der Waals surface area contributed by atoms with E-state index >= 15 is 0 Å². The summed E-state index contributed by atoms with van der Waals surface area (Å²) in [5.41, 5.74) is 0. The van der Waals surface area contributed by atoms with Crippen LogP contribution < -0.4 is 0 Å². The van der Waals surface area contributed by atoms with Crippen molar-refractivity contribution in [2.75, 3.05) is 13.2 Å². The normalized spacial score (nSPS) is 19.5. The minimum absolute atomic E-state index is 0.0748. The minimum atomic E-state index is -0.915. The van der Waals surface area contributed by atoms with E-state index in [1.807, 2.05) is 13.8 Å². The summed E-state index contributed by atoms with van der Waals surface area (Å²) in [6.07, 6.45) is -2.50. The molecule has 3 unspecified atom stereocenters.